The summed E-state index contributed by atoms with van der Waals surface area (Å²) in [5, 5.41) is 6.48. The molecule has 0 aromatic heterocycles. The number of nitrogens with one attached hydrogen (secondary N) is 2. The molecule has 1 saturated carbocycles. The van der Waals surface area contributed by atoms with Gasteiger partial charge >= 0.3 is 0 Å². The average molecular weight is 659 g/mol. The molecule has 3 heterocycles. The quantitative estimate of drug-likeness (QED) is 0.365. The van der Waals surface area contributed by atoms with Crippen molar-refractivity contribution in [1.29, 1.82) is 0 Å². The molecule has 0 aromatic rings. The molecule has 0 spiro atoms. The maximum Gasteiger partial charge on any atom is 0.245 e. The van der Waals surface area contributed by atoms with E-state index in [1.165, 1.54) is 19.3 Å². The van der Waals surface area contributed by atoms with Crippen LogP contribution in [0.1, 0.15) is 125 Å². The first-order valence-corrected chi connectivity index (χ1v) is 18.9. The molecule has 3 aliphatic heterocycles. The van der Waals surface area contributed by atoms with Gasteiger partial charge in [0.05, 0.1) is 12.1 Å². The fourth-order valence-corrected chi connectivity index (χ4v) is 8.40. The molecule has 1 unspecified atom stereocenters. The van der Waals surface area contributed by atoms with Crippen LogP contribution in [0.5, 0.6) is 0 Å². The molecule has 3 saturated heterocycles. The largest absolute Gasteiger partial charge is 0.352 e. The standard InChI is InChI=1S/C37H66N6O4/c1-26(2)31(41(7)36(47)32(37(3,4)5)39-33(44)28-19-13-14-22-40(28)6)25-42-23-15-21-30(42)35(46)43-24-16-20-29(43)34(45)38-27-17-11-9-8-10-12-18-27/h26-32H,8-25H2,1-7H3,(H,38,45)(H,39,44)/t28?,29-,30-,31+,32+/m0/s1. The zero-order chi connectivity index (χ0) is 34.3. The average Bonchev–Trinajstić information content (AvgIpc) is 3.68. The zero-order valence-electron chi connectivity index (χ0n) is 30.7. The minimum absolute atomic E-state index is 0.0195. The summed E-state index contributed by atoms with van der Waals surface area (Å²) in [7, 11) is 3.84. The minimum atomic E-state index is -0.658. The Labute approximate surface area is 285 Å². The summed E-state index contributed by atoms with van der Waals surface area (Å²) >= 11 is 0. The SMILES string of the molecule is CC(C)[C@@H](CN1CCC[C@H]1C(=O)N1CCC[C@H]1C(=O)NC1CCCCCCC1)N(C)C(=O)[C@@H](NC(=O)C1CCCCN1C)C(C)(C)C. The van der Waals surface area contributed by atoms with Crippen LogP contribution in [0, 0.1) is 11.3 Å². The Hall–Kier alpha value is -2.20. The highest BCUT2D eigenvalue weighted by atomic mass is 16.2. The number of likely N-dealkylation sites (N-methyl/N-ethyl adjacent to an activating group) is 2. The van der Waals surface area contributed by atoms with E-state index in [0.717, 1.165) is 83.7 Å². The van der Waals surface area contributed by atoms with Crippen LogP contribution in [0.25, 0.3) is 0 Å². The van der Waals surface area contributed by atoms with E-state index in [-0.39, 0.29) is 59.8 Å². The van der Waals surface area contributed by atoms with Gasteiger partial charge in [0.2, 0.25) is 23.6 Å². The summed E-state index contributed by atoms with van der Waals surface area (Å²) in [5.41, 5.74) is -0.469. The van der Waals surface area contributed by atoms with E-state index < -0.39 is 11.5 Å². The van der Waals surface area contributed by atoms with E-state index in [1.807, 2.05) is 44.7 Å². The first kappa shape index (κ1) is 37.6. The highest BCUT2D eigenvalue weighted by Gasteiger charge is 2.44. The third kappa shape index (κ3) is 9.71. The number of likely N-dealkylation sites (tertiary alicyclic amines) is 3. The first-order chi connectivity index (χ1) is 22.3. The summed E-state index contributed by atoms with van der Waals surface area (Å²) in [6.45, 7) is 13.2. The van der Waals surface area contributed by atoms with Gasteiger partial charge in [-0.3, -0.25) is 29.0 Å². The van der Waals surface area contributed by atoms with Crippen molar-refractivity contribution in [1.82, 2.24) is 30.2 Å². The van der Waals surface area contributed by atoms with Crippen molar-refractivity contribution in [2.24, 2.45) is 11.3 Å². The van der Waals surface area contributed by atoms with Crippen LogP contribution in [0.3, 0.4) is 0 Å². The van der Waals surface area contributed by atoms with Gasteiger partial charge in [-0.1, -0.05) is 73.1 Å². The van der Waals surface area contributed by atoms with Crippen LogP contribution in [0.2, 0.25) is 0 Å². The smallest absolute Gasteiger partial charge is 0.245 e. The van der Waals surface area contributed by atoms with Crippen LogP contribution in [-0.2, 0) is 19.2 Å². The second-order valence-electron chi connectivity index (χ2n) is 16.5. The molecule has 0 radical (unpaired) electrons. The van der Waals surface area contributed by atoms with E-state index in [1.54, 1.807) is 0 Å². The second-order valence-corrected chi connectivity index (χ2v) is 16.5. The molecular formula is C37H66N6O4. The van der Waals surface area contributed by atoms with E-state index in [4.69, 9.17) is 0 Å². The molecule has 2 N–H and O–H groups in total. The Balaban J connectivity index is 1.42. The highest BCUT2D eigenvalue weighted by Crippen LogP contribution is 2.29. The van der Waals surface area contributed by atoms with Crippen LogP contribution in [0.15, 0.2) is 0 Å². The number of hydrogen-bond acceptors (Lipinski definition) is 6. The molecule has 5 atom stereocenters. The molecule has 1 aliphatic carbocycles. The Morgan fingerprint density at radius 2 is 1.34 bits per heavy atom. The molecular weight excluding hydrogens is 592 g/mol. The van der Waals surface area contributed by atoms with Gasteiger partial charge in [-0.25, -0.2) is 0 Å². The number of amides is 4. The predicted molar refractivity (Wildman–Crippen MR) is 187 cm³/mol. The van der Waals surface area contributed by atoms with E-state index in [9.17, 15) is 19.2 Å². The summed E-state index contributed by atoms with van der Waals surface area (Å²) < 4.78 is 0. The molecule has 10 heteroatoms. The highest BCUT2D eigenvalue weighted by molar-refractivity contribution is 5.91. The van der Waals surface area contributed by atoms with Crippen molar-refractivity contribution in [3.05, 3.63) is 0 Å². The van der Waals surface area contributed by atoms with Crippen LogP contribution in [-0.4, -0.2) is 120 Å². The summed E-state index contributed by atoms with van der Waals surface area (Å²) in [5.74, 6) is 0.0708. The molecule has 4 rings (SSSR count). The van der Waals surface area contributed by atoms with Crippen molar-refractivity contribution < 1.29 is 19.2 Å². The fourth-order valence-electron chi connectivity index (χ4n) is 8.40. The Morgan fingerprint density at radius 3 is 1.98 bits per heavy atom. The van der Waals surface area contributed by atoms with Crippen molar-refractivity contribution >= 4 is 23.6 Å². The number of rotatable bonds is 10. The van der Waals surface area contributed by atoms with Gasteiger partial charge in [0.15, 0.2) is 0 Å². The Morgan fingerprint density at radius 1 is 0.745 bits per heavy atom. The fraction of sp³-hybridized carbons (Fsp3) is 0.892. The Bertz CT molecular complexity index is 1070. The molecule has 4 fully saturated rings. The lowest BCUT2D eigenvalue weighted by Crippen LogP contribution is -2.61. The van der Waals surface area contributed by atoms with Gasteiger partial charge in [0.1, 0.15) is 12.1 Å². The lowest BCUT2D eigenvalue weighted by Gasteiger charge is -2.41. The van der Waals surface area contributed by atoms with E-state index in [2.05, 4.69) is 34.3 Å². The topological polar surface area (TPSA) is 105 Å². The normalized spacial score (nSPS) is 26.8. The molecule has 0 bridgehead atoms. The lowest BCUT2D eigenvalue weighted by atomic mass is 9.84. The van der Waals surface area contributed by atoms with E-state index >= 15 is 0 Å². The molecule has 4 amide bonds. The predicted octanol–water partition coefficient (Wildman–Crippen LogP) is 4.17. The maximum absolute atomic E-state index is 14.2. The van der Waals surface area contributed by atoms with Gasteiger partial charge < -0.3 is 20.4 Å². The van der Waals surface area contributed by atoms with Crippen LogP contribution >= 0.6 is 0 Å². The van der Waals surface area contributed by atoms with Crippen molar-refractivity contribution in [3.8, 4) is 0 Å². The van der Waals surface area contributed by atoms with Gasteiger partial charge in [-0.05, 0) is 82.8 Å². The molecule has 10 nitrogen and oxygen atoms in total. The van der Waals surface area contributed by atoms with Gasteiger partial charge in [0, 0.05) is 32.2 Å². The molecule has 0 aromatic carbocycles. The summed E-state index contributed by atoms with van der Waals surface area (Å²) in [6, 6.07) is -1.46. The molecule has 47 heavy (non-hydrogen) atoms. The number of carbonyl (C=O) groups excluding carboxylic acids is 4. The maximum atomic E-state index is 14.2. The Kier molecular flexibility index (Phi) is 13.6. The summed E-state index contributed by atoms with van der Waals surface area (Å²) in [6.07, 6.45) is 14.3. The number of piperidine rings is 1. The third-order valence-electron chi connectivity index (χ3n) is 11.4. The van der Waals surface area contributed by atoms with Crippen molar-refractivity contribution in [2.45, 2.75) is 161 Å². The molecule has 268 valence electrons. The number of carbonyl (C=O) groups is 4. The van der Waals surface area contributed by atoms with Crippen LogP contribution in [0.4, 0.5) is 0 Å². The minimum Gasteiger partial charge on any atom is -0.352 e. The first-order valence-electron chi connectivity index (χ1n) is 18.9. The second kappa shape index (κ2) is 17.0. The van der Waals surface area contributed by atoms with Crippen LogP contribution < -0.4 is 10.6 Å². The monoisotopic (exact) mass is 659 g/mol. The third-order valence-corrected chi connectivity index (χ3v) is 11.4. The number of hydrogen-bond donors (Lipinski definition) is 2. The van der Waals surface area contributed by atoms with Crippen molar-refractivity contribution in [2.75, 3.05) is 40.3 Å². The summed E-state index contributed by atoms with van der Waals surface area (Å²) in [4.78, 5) is 63.3. The van der Waals surface area contributed by atoms with E-state index in [0.29, 0.717) is 13.1 Å². The van der Waals surface area contributed by atoms with Gasteiger partial charge in [0.25, 0.3) is 0 Å². The van der Waals surface area contributed by atoms with Gasteiger partial charge in [-0.15, -0.1) is 0 Å². The van der Waals surface area contributed by atoms with Gasteiger partial charge in [-0.2, -0.15) is 0 Å². The lowest BCUT2D eigenvalue weighted by molar-refractivity contribution is -0.144. The zero-order valence-corrected chi connectivity index (χ0v) is 30.7. The number of nitrogens with zero attached hydrogens (tertiary/aromatic N) is 4. The van der Waals surface area contributed by atoms with Crippen molar-refractivity contribution in [3.63, 3.8) is 0 Å². The molecule has 4 aliphatic rings.